The standard InChI is InChI=1S/C15H12ClN3/c16-15-18-10-17-11-19(15)14-8-6-13(7-9-14)12-4-2-1-3-5-12/h1-11,15H. The van der Waals surface area contributed by atoms with Crippen molar-refractivity contribution in [3.63, 3.8) is 0 Å². The maximum absolute atomic E-state index is 6.11. The van der Waals surface area contributed by atoms with E-state index in [2.05, 4.69) is 34.3 Å². The lowest BCUT2D eigenvalue weighted by Gasteiger charge is -2.23. The molecule has 3 nitrogen and oxygen atoms in total. The molecule has 2 aromatic rings. The zero-order chi connectivity index (χ0) is 13.1. The first-order chi connectivity index (χ1) is 9.34. The fraction of sp³-hybridized carbons (Fsp3) is 0.0667. The summed E-state index contributed by atoms with van der Waals surface area (Å²) in [5.74, 6) is 0. The minimum atomic E-state index is -0.430. The second-order valence-corrected chi connectivity index (χ2v) is 4.55. The first-order valence-corrected chi connectivity index (χ1v) is 6.41. The number of benzene rings is 2. The van der Waals surface area contributed by atoms with E-state index in [1.54, 1.807) is 6.34 Å². The average Bonchev–Trinajstić information content (AvgIpc) is 2.49. The molecular weight excluding hydrogens is 258 g/mol. The lowest BCUT2D eigenvalue weighted by Crippen LogP contribution is -2.30. The molecule has 0 aliphatic carbocycles. The van der Waals surface area contributed by atoms with Crippen LogP contribution in [0.1, 0.15) is 0 Å². The number of hydrogen-bond donors (Lipinski definition) is 0. The molecule has 1 aliphatic heterocycles. The van der Waals surface area contributed by atoms with Crippen molar-refractivity contribution in [1.82, 2.24) is 0 Å². The second kappa shape index (κ2) is 5.24. The van der Waals surface area contributed by atoms with Crippen LogP contribution >= 0.6 is 11.6 Å². The quantitative estimate of drug-likeness (QED) is 0.603. The zero-order valence-electron chi connectivity index (χ0n) is 10.1. The third kappa shape index (κ3) is 2.51. The number of rotatable bonds is 2. The largest absolute Gasteiger partial charge is 0.297 e. The van der Waals surface area contributed by atoms with Crippen molar-refractivity contribution in [2.45, 2.75) is 5.62 Å². The summed E-state index contributed by atoms with van der Waals surface area (Å²) in [5.41, 5.74) is 2.91. The maximum atomic E-state index is 6.11. The van der Waals surface area contributed by atoms with Crippen molar-refractivity contribution in [2.75, 3.05) is 4.90 Å². The van der Waals surface area contributed by atoms with E-state index < -0.39 is 5.62 Å². The predicted octanol–water partition coefficient (Wildman–Crippen LogP) is 3.75. The Bertz CT molecular complexity index is 605. The van der Waals surface area contributed by atoms with Crippen molar-refractivity contribution in [2.24, 2.45) is 9.98 Å². The molecule has 0 saturated heterocycles. The Balaban J connectivity index is 1.87. The summed E-state index contributed by atoms with van der Waals surface area (Å²) < 4.78 is 0. The topological polar surface area (TPSA) is 28.0 Å². The van der Waals surface area contributed by atoms with Crippen LogP contribution in [0.4, 0.5) is 5.69 Å². The van der Waals surface area contributed by atoms with Crippen LogP contribution in [-0.4, -0.2) is 18.3 Å². The third-order valence-electron chi connectivity index (χ3n) is 2.95. The molecule has 19 heavy (non-hydrogen) atoms. The van der Waals surface area contributed by atoms with Gasteiger partial charge in [0.25, 0.3) is 0 Å². The summed E-state index contributed by atoms with van der Waals surface area (Å²) >= 11 is 6.11. The Labute approximate surface area is 116 Å². The van der Waals surface area contributed by atoms with Gasteiger partial charge in [-0.1, -0.05) is 54.1 Å². The Morgan fingerprint density at radius 3 is 2.26 bits per heavy atom. The molecule has 0 spiro atoms. The van der Waals surface area contributed by atoms with E-state index in [1.807, 2.05) is 35.2 Å². The average molecular weight is 270 g/mol. The van der Waals surface area contributed by atoms with E-state index >= 15 is 0 Å². The smallest absolute Gasteiger partial charge is 0.204 e. The van der Waals surface area contributed by atoms with Gasteiger partial charge in [-0.3, -0.25) is 4.90 Å². The van der Waals surface area contributed by atoms with Crippen LogP contribution in [0.2, 0.25) is 0 Å². The summed E-state index contributed by atoms with van der Waals surface area (Å²) in [6, 6.07) is 18.4. The highest BCUT2D eigenvalue weighted by atomic mass is 35.5. The lowest BCUT2D eigenvalue weighted by atomic mass is 10.1. The Morgan fingerprint density at radius 2 is 1.58 bits per heavy atom. The Morgan fingerprint density at radius 1 is 0.895 bits per heavy atom. The highest BCUT2D eigenvalue weighted by Crippen LogP contribution is 2.25. The maximum Gasteiger partial charge on any atom is 0.204 e. The van der Waals surface area contributed by atoms with Gasteiger partial charge in [0.15, 0.2) is 0 Å². The van der Waals surface area contributed by atoms with Crippen molar-refractivity contribution in [1.29, 1.82) is 0 Å². The van der Waals surface area contributed by atoms with E-state index in [-0.39, 0.29) is 0 Å². The molecule has 1 aliphatic rings. The Hall–Kier alpha value is -2.13. The molecule has 0 fully saturated rings. The van der Waals surface area contributed by atoms with Gasteiger partial charge in [0.2, 0.25) is 5.62 Å². The molecule has 0 saturated carbocycles. The minimum absolute atomic E-state index is 0.430. The van der Waals surface area contributed by atoms with Crippen molar-refractivity contribution in [3.05, 3.63) is 54.6 Å². The lowest BCUT2D eigenvalue weighted by molar-refractivity contribution is 0.931. The first-order valence-electron chi connectivity index (χ1n) is 5.97. The van der Waals surface area contributed by atoms with Crippen LogP contribution in [0.25, 0.3) is 11.1 Å². The fourth-order valence-corrected chi connectivity index (χ4v) is 2.18. The molecule has 2 aromatic carbocycles. The van der Waals surface area contributed by atoms with Crippen LogP contribution in [0.3, 0.4) is 0 Å². The van der Waals surface area contributed by atoms with E-state index in [0.29, 0.717) is 0 Å². The normalized spacial score (nSPS) is 17.7. The Kier molecular flexibility index (Phi) is 3.29. The summed E-state index contributed by atoms with van der Waals surface area (Å²) in [7, 11) is 0. The van der Waals surface area contributed by atoms with Gasteiger partial charge < -0.3 is 0 Å². The van der Waals surface area contributed by atoms with Gasteiger partial charge in [-0.15, -0.1) is 0 Å². The number of nitrogens with zero attached hydrogens (tertiary/aromatic N) is 3. The molecule has 1 atom stereocenters. The van der Waals surface area contributed by atoms with Gasteiger partial charge in [-0.2, -0.15) is 0 Å². The highest BCUT2D eigenvalue weighted by molar-refractivity contribution is 6.24. The first kappa shape index (κ1) is 11.9. The molecule has 0 bridgehead atoms. The summed E-state index contributed by atoms with van der Waals surface area (Å²) in [5, 5.41) is 0. The van der Waals surface area contributed by atoms with E-state index in [4.69, 9.17) is 11.6 Å². The van der Waals surface area contributed by atoms with Crippen LogP contribution in [0.5, 0.6) is 0 Å². The molecule has 94 valence electrons. The minimum Gasteiger partial charge on any atom is -0.297 e. The molecule has 0 amide bonds. The van der Waals surface area contributed by atoms with Gasteiger partial charge in [-0.05, 0) is 23.3 Å². The SMILES string of the molecule is ClC1N=CN=CN1c1ccc(-c2ccccc2)cc1. The molecule has 0 aromatic heterocycles. The van der Waals surface area contributed by atoms with Crippen LogP contribution in [0, 0.1) is 0 Å². The van der Waals surface area contributed by atoms with Gasteiger partial charge in [0, 0.05) is 5.69 Å². The summed E-state index contributed by atoms with van der Waals surface area (Å²) in [4.78, 5) is 9.84. The predicted molar refractivity (Wildman–Crippen MR) is 81.0 cm³/mol. The van der Waals surface area contributed by atoms with Crippen LogP contribution < -0.4 is 4.90 Å². The zero-order valence-corrected chi connectivity index (χ0v) is 10.9. The second-order valence-electron chi connectivity index (χ2n) is 4.16. The molecular formula is C15H12ClN3. The molecule has 1 unspecified atom stereocenters. The number of anilines is 1. The van der Waals surface area contributed by atoms with Crippen molar-refractivity contribution in [3.8, 4) is 11.1 Å². The van der Waals surface area contributed by atoms with E-state index in [9.17, 15) is 0 Å². The molecule has 0 radical (unpaired) electrons. The van der Waals surface area contributed by atoms with E-state index in [0.717, 1.165) is 5.69 Å². The van der Waals surface area contributed by atoms with Gasteiger partial charge >= 0.3 is 0 Å². The van der Waals surface area contributed by atoms with Crippen molar-refractivity contribution < 1.29 is 0 Å². The number of aliphatic imine (C=N–C) groups is 2. The molecule has 3 rings (SSSR count). The number of alkyl halides is 1. The number of halogens is 1. The summed E-state index contributed by atoms with van der Waals surface area (Å²) in [6.07, 6.45) is 3.15. The van der Waals surface area contributed by atoms with Crippen molar-refractivity contribution >= 4 is 30.0 Å². The molecule has 0 N–H and O–H groups in total. The summed E-state index contributed by atoms with van der Waals surface area (Å²) in [6.45, 7) is 0. The highest BCUT2D eigenvalue weighted by Gasteiger charge is 2.15. The van der Waals surface area contributed by atoms with Crippen LogP contribution in [-0.2, 0) is 0 Å². The monoisotopic (exact) mass is 269 g/mol. The van der Waals surface area contributed by atoms with Gasteiger partial charge in [0.05, 0.1) is 6.34 Å². The fourth-order valence-electron chi connectivity index (χ4n) is 1.97. The number of hydrogen-bond acceptors (Lipinski definition) is 3. The van der Waals surface area contributed by atoms with Gasteiger partial charge in [0.1, 0.15) is 6.34 Å². The molecule has 4 heteroatoms. The third-order valence-corrected chi connectivity index (χ3v) is 3.27. The molecule has 1 heterocycles. The van der Waals surface area contributed by atoms with Crippen LogP contribution in [0.15, 0.2) is 64.6 Å². The van der Waals surface area contributed by atoms with Gasteiger partial charge in [-0.25, -0.2) is 9.98 Å². The van der Waals surface area contributed by atoms with E-state index in [1.165, 1.54) is 17.5 Å².